The number of fused-ring (bicyclic) bond motifs is 1. The molecule has 0 saturated carbocycles. The van der Waals surface area contributed by atoms with E-state index in [-0.39, 0.29) is 22.8 Å². The number of aromatic amines is 1. The largest absolute Gasteiger partial charge is 0.322 e. The number of carbonyl (C=O) groups is 1. The van der Waals surface area contributed by atoms with E-state index in [1.807, 2.05) is 24.4 Å². The number of aromatic nitrogens is 2. The summed E-state index contributed by atoms with van der Waals surface area (Å²) in [4.78, 5) is 15.5. The zero-order chi connectivity index (χ0) is 18.3. The zero-order valence-electron chi connectivity index (χ0n) is 13.9. The van der Waals surface area contributed by atoms with Gasteiger partial charge in [-0.1, -0.05) is 23.7 Å². The fraction of sp³-hybridized carbons (Fsp3) is 0.222. The topological polar surface area (TPSA) is 61.0 Å². The number of nitrogens with zero attached hydrogens (tertiary/aromatic N) is 2. The first-order valence-electron chi connectivity index (χ1n) is 8.16. The van der Waals surface area contributed by atoms with Gasteiger partial charge in [-0.15, -0.1) is 11.3 Å². The van der Waals surface area contributed by atoms with Crippen LogP contribution >= 0.6 is 22.9 Å². The Hall–Kier alpha value is -2.38. The molecule has 1 aliphatic rings. The van der Waals surface area contributed by atoms with E-state index in [1.54, 1.807) is 22.3 Å². The first-order chi connectivity index (χ1) is 12.5. The van der Waals surface area contributed by atoms with Crippen molar-refractivity contribution in [1.29, 1.82) is 0 Å². The Bertz CT molecular complexity index is 956. The minimum Gasteiger partial charge on any atom is -0.317 e. The molecular formula is C18H16ClFN4OS. The van der Waals surface area contributed by atoms with Gasteiger partial charge in [0.2, 0.25) is 0 Å². The van der Waals surface area contributed by atoms with Crippen molar-refractivity contribution in [1.82, 2.24) is 15.1 Å². The van der Waals surface area contributed by atoms with Gasteiger partial charge in [0, 0.05) is 23.7 Å². The molecule has 26 heavy (non-hydrogen) atoms. The van der Waals surface area contributed by atoms with E-state index in [2.05, 4.69) is 15.5 Å². The number of benzene rings is 1. The van der Waals surface area contributed by atoms with Crippen LogP contribution in [-0.2, 0) is 13.0 Å². The number of H-pyrrole nitrogens is 1. The van der Waals surface area contributed by atoms with Crippen LogP contribution in [0.3, 0.4) is 0 Å². The second kappa shape index (κ2) is 6.74. The molecule has 0 bridgehead atoms. The Balaban J connectivity index is 1.59. The van der Waals surface area contributed by atoms with Crippen molar-refractivity contribution in [2.24, 2.45) is 0 Å². The molecule has 2 N–H and O–H groups in total. The lowest BCUT2D eigenvalue weighted by Gasteiger charge is -2.33. The maximum Gasteiger partial charge on any atom is 0.322 e. The summed E-state index contributed by atoms with van der Waals surface area (Å²) in [5.41, 5.74) is 2.99. The third-order valence-electron chi connectivity index (χ3n) is 4.52. The van der Waals surface area contributed by atoms with Crippen LogP contribution in [0.15, 0.2) is 35.7 Å². The molecule has 1 atom stereocenters. The Morgan fingerprint density at radius 2 is 2.27 bits per heavy atom. The van der Waals surface area contributed by atoms with Gasteiger partial charge in [0.25, 0.3) is 0 Å². The SMILES string of the molecule is C[C@H]1Cc2[nH]nc(-c3cccs3)c2CN1C(=O)Nc1cccc(Cl)c1F. The molecule has 3 heterocycles. The van der Waals surface area contributed by atoms with Gasteiger partial charge in [0.15, 0.2) is 5.82 Å². The maximum absolute atomic E-state index is 14.1. The Morgan fingerprint density at radius 1 is 1.42 bits per heavy atom. The van der Waals surface area contributed by atoms with Crippen molar-refractivity contribution < 1.29 is 9.18 Å². The van der Waals surface area contributed by atoms with Crippen LogP contribution in [-0.4, -0.2) is 27.2 Å². The number of hydrogen-bond donors (Lipinski definition) is 2. The molecule has 0 spiro atoms. The van der Waals surface area contributed by atoms with Gasteiger partial charge in [-0.05, 0) is 30.5 Å². The summed E-state index contributed by atoms with van der Waals surface area (Å²) in [7, 11) is 0. The third-order valence-corrected chi connectivity index (χ3v) is 5.69. The second-order valence-corrected chi connectivity index (χ2v) is 7.57. The van der Waals surface area contributed by atoms with Crippen molar-refractivity contribution in [2.75, 3.05) is 5.32 Å². The molecule has 0 saturated heterocycles. The predicted molar refractivity (Wildman–Crippen MR) is 101 cm³/mol. The van der Waals surface area contributed by atoms with Crippen LogP contribution in [0.1, 0.15) is 18.2 Å². The van der Waals surface area contributed by atoms with Gasteiger partial charge in [0.05, 0.1) is 22.1 Å². The molecule has 2 aromatic heterocycles. The average molecular weight is 391 g/mol. The van der Waals surface area contributed by atoms with Gasteiger partial charge in [0.1, 0.15) is 5.69 Å². The lowest BCUT2D eigenvalue weighted by molar-refractivity contribution is 0.182. The lowest BCUT2D eigenvalue weighted by atomic mass is 9.99. The fourth-order valence-electron chi connectivity index (χ4n) is 3.15. The Morgan fingerprint density at radius 3 is 3.04 bits per heavy atom. The summed E-state index contributed by atoms with van der Waals surface area (Å²) in [6.07, 6.45) is 0.666. The third kappa shape index (κ3) is 2.97. The van der Waals surface area contributed by atoms with Crippen molar-refractivity contribution in [2.45, 2.75) is 25.9 Å². The average Bonchev–Trinajstić information content (AvgIpc) is 3.27. The van der Waals surface area contributed by atoms with Crippen LogP contribution in [0.5, 0.6) is 0 Å². The fourth-order valence-corrected chi connectivity index (χ4v) is 4.06. The monoisotopic (exact) mass is 390 g/mol. The highest BCUT2D eigenvalue weighted by molar-refractivity contribution is 7.13. The molecule has 0 aliphatic carbocycles. The van der Waals surface area contributed by atoms with Crippen LogP contribution in [0.4, 0.5) is 14.9 Å². The highest BCUT2D eigenvalue weighted by atomic mass is 35.5. The summed E-state index contributed by atoms with van der Waals surface area (Å²) < 4.78 is 14.1. The highest BCUT2D eigenvalue weighted by Crippen LogP contribution is 2.33. The van der Waals surface area contributed by atoms with E-state index in [0.29, 0.717) is 13.0 Å². The molecule has 0 fully saturated rings. The molecule has 8 heteroatoms. The maximum atomic E-state index is 14.1. The van der Waals surface area contributed by atoms with Crippen molar-refractivity contribution in [3.05, 3.63) is 57.8 Å². The number of anilines is 1. The van der Waals surface area contributed by atoms with Crippen LogP contribution in [0.25, 0.3) is 10.6 Å². The van der Waals surface area contributed by atoms with Gasteiger partial charge in [-0.3, -0.25) is 5.10 Å². The summed E-state index contributed by atoms with van der Waals surface area (Å²) in [5, 5.41) is 12.1. The number of halogens is 2. The van der Waals surface area contributed by atoms with Gasteiger partial charge in [-0.25, -0.2) is 9.18 Å². The highest BCUT2D eigenvalue weighted by Gasteiger charge is 2.31. The summed E-state index contributed by atoms with van der Waals surface area (Å²) >= 11 is 7.39. The molecule has 0 radical (unpaired) electrons. The van der Waals surface area contributed by atoms with E-state index < -0.39 is 5.82 Å². The molecule has 1 aliphatic heterocycles. The van der Waals surface area contributed by atoms with Gasteiger partial charge >= 0.3 is 6.03 Å². The van der Waals surface area contributed by atoms with E-state index >= 15 is 0 Å². The second-order valence-electron chi connectivity index (χ2n) is 6.22. The summed E-state index contributed by atoms with van der Waals surface area (Å²) in [6, 6.07) is 8.12. The van der Waals surface area contributed by atoms with Crippen LogP contribution < -0.4 is 5.32 Å². The summed E-state index contributed by atoms with van der Waals surface area (Å²) in [6.45, 7) is 2.37. The Labute approximate surface area is 158 Å². The smallest absolute Gasteiger partial charge is 0.317 e. The normalized spacial score (nSPS) is 16.4. The quantitative estimate of drug-likeness (QED) is 0.653. The number of carbonyl (C=O) groups excluding carboxylic acids is 1. The number of hydrogen-bond acceptors (Lipinski definition) is 3. The summed E-state index contributed by atoms with van der Waals surface area (Å²) in [5.74, 6) is -0.629. The van der Waals surface area contributed by atoms with E-state index in [4.69, 9.17) is 11.6 Å². The molecule has 3 aromatic rings. The molecule has 1 aromatic carbocycles. The van der Waals surface area contributed by atoms with E-state index in [9.17, 15) is 9.18 Å². The standard InChI is InChI=1S/C18H16ClFN4OS/c1-10-8-14-11(17(23-22-14)15-6-3-7-26-15)9-24(10)18(25)21-13-5-2-4-12(19)16(13)20/h2-7,10H,8-9H2,1H3,(H,21,25)(H,22,23)/t10-/m0/s1. The number of nitrogens with one attached hydrogen (secondary N) is 2. The van der Waals surface area contributed by atoms with Crippen LogP contribution in [0.2, 0.25) is 5.02 Å². The minimum absolute atomic E-state index is 0.0217. The lowest BCUT2D eigenvalue weighted by Crippen LogP contribution is -2.44. The van der Waals surface area contributed by atoms with Crippen LogP contribution in [0, 0.1) is 5.82 Å². The molecule has 0 unspecified atom stereocenters. The number of amides is 2. The first-order valence-corrected chi connectivity index (χ1v) is 9.42. The molecule has 4 rings (SSSR count). The number of thiophene rings is 1. The van der Waals surface area contributed by atoms with Crippen molar-refractivity contribution in [3.8, 4) is 10.6 Å². The van der Waals surface area contributed by atoms with E-state index in [0.717, 1.165) is 21.8 Å². The number of rotatable bonds is 2. The predicted octanol–water partition coefficient (Wildman–Crippen LogP) is 4.91. The number of urea groups is 1. The molecular weight excluding hydrogens is 375 g/mol. The first kappa shape index (κ1) is 17.1. The minimum atomic E-state index is -0.629. The van der Waals surface area contributed by atoms with Gasteiger partial charge < -0.3 is 10.2 Å². The molecule has 5 nitrogen and oxygen atoms in total. The Kier molecular flexibility index (Phi) is 4.42. The molecule has 2 amide bonds. The zero-order valence-corrected chi connectivity index (χ0v) is 15.5. The van der Waals surface area contributed by atoms with Crippen molar-refractivity contribution in [3.63, 3.8) is 0 Å². The molecule has 134 valence electrons. The van der Waals surface area contributed by atoms with E-state index in [1.165, 1.54) is 12.1 Å². The van der Waals surface area contributed by atoms with Gasteiger partial charge in [-0.2, -0.15) is 5.10 Å². The van der Waals surface area contributed by atoms with Crippen molar-refractivity contribution >= 4 is 34.7 Å².